The van der Waals surface area contributed by atoms with Gasteiger partial charge in [0, 0.05) is 29.3 Å². The first-order valence-corrected chi connectivity index (χ1v) is 8.08. The molecule has 1 aromatic carbocycles. The lowest BCUT2D eigenvalue weighted by atomic mass is 10.0. The molecule has 3 aromatic heterocycles. The van der Waals surface area contributed by atoms with Gasteiger partial charge in [0.1, 0.15) is 11.6 Å². The van der Waals surface area contributed by atoms with Crippen LogP contribution in [0.1, 0.15) is 16.8 Å². The molecule has 0 saturated heterocycles. The first kappa shape index (κ1) is 15.4. The minimum atomic E-state index is -0.267. The van der Waals surface area contributed by atoms with Gasteiger partial charge in [-0.2, -0.15) is 0 Å². The minimum absolute atomic E-state index is 0.267. The molecule has 0 saturated carbocycles. The van der Waals surface area contributed by atoms with Crippen LogP contribution in [0.3, 0.4) is 0 Å². The second kappa shape index (κ2) is 5.77. The highest BCUT2D eigenvalue weighted by Crippen LogP contribution is 2.31. The highest BCUT2D eigenvalue weighted by atomic mass is 19.1. The van der Waals surface area contributed by atoms with Crippen molar-refractivity contribution in [2.45, 2.75) is 20.8 Å². The Morgan fingerprint density at radius 2 is 1.68 bits per heavy atom. The van der Waals surface area contributed by atoms with E-state index in [1.165, 1.54) is 12.1 Å². The molecule has 0 atom stereocenters. The van der Waals surface area contributed by atoms with E-state index in [1.807, 2.05) is 23.8 Å². The van der Waals surface area contributed by atoms with Gasteiger partial charge in [-0.3, -0.25) is 14.5 Å². The molecule has 0 amide bonds. The molecule has 4 nitrogen and oxygen atoms in total. The molecule has 0 N–H and O–H groups in total. The van der Waals surface area contributed by atoms with E-state index < -0.39 is 0 Å². The first-order valence-electron chi connectivity index (χ1n) is 8.08. The Bertz CT molecular complexity index is 1080. The summed E-state index contributed by atoms with van der Waals surface area (Å²) in [4.78, 5) is 13.5. The van der Waals surface area contributed by atoms with Crippen molar-refractivity contribution in [3.05, 3.63) is 71.6 Å². The summed E-state index contributed by atoms with van der Waals surface area (Å²) in [5, 5.41) is 0. The molecule has 0 fully saturated rings. The van der Waals surface area contributed by atoms with Crippen LogP contribution in [0.15, 0.2) is 48.9 Å². The van der Waals surface area contributed by atoms with Crippen molar-refractivity contribution in [3.8, 4) is 17.1 Å². The Balaban J connectivity index is 2.06. The van der Waals surface area contributed by atoms with Crippen molar-refractivity contribution in [2.75, 3.05) is 0 Å². The van der Waals surface area contributed by atoms with Crippen LogP contribution in [0, 0.1) is 26.6 Å². The van der Waals surface area contributed by atoms with E-state index in [-0.39, 0.29) is 5.82 Å². The Morgan fingerprint density at radius 1 is 0.920 bits per heavy atom. The summed E-state index contributed by atoms with van der Waals surface area (Å²) in [6, 6.07) is 8.27. The number of benzene rings is 1. The molecule has 0 unspecified atom stereocenters. The van der Waals surface area contributed by atoms with Gasteiger partial charge >= 0.3 is 0 Å². The number of aryl methyl sites for hydroxylation is 1. The zero-order chi connectivity index (χ0) is 17.6. The number of pyridine rings is 2. The number of imidazole rings is 1. The molecule has 124 valence electrons. The summed E-state index contributed by atoms with van der Waals surface area (Å²) in [5.74, 6) is 0.514. The van der Waals surface area contributed by atoms with Crippen molar-refractivity contribution in [2.24, 2.45) is 0 Å². The quantitative estimate of drug-likeness (QED) is 0.541. The fourth-order valence-corrected chi connectivity index (χ4v) is 3.01. The van der Waals surface area contributed by atoms with Gasteiger partial charge in [0.2, 0.25) is 0 Å². The molecular formula is C20H17FN4. The SMILES string of the molecule is Cc1ncc(-c2nc3ccncc3n2-c2ccc(F)cc2)c(C)c1C. The van der Waals surface area contributed by atoms with Crippen molar-refractivity contribution >= 4 is 11.0 Å². The third-order valence-electron chi connectivity index (χ3n) is 4.68. The summed E-state index contributed by atoms with van der Waals surface area (Å²) in [5.41, 5.74) is 6.81. The summed E-state index contributed by atoms with van der Waals surface area (Å²) < 4.78 is 15.4. The molecule has 0 spiro atoms. The van der Waals surface area contributed by atoms with E-state index in [0.717, 1.165) is 44.9 Å². The molecule has 4 aromatic rings. The Morgan fingerprint density at radius 3 is 2.44 bits per heavy atom. The Kier molecular flexibility index (Phi) is 3.57. The minimum Gasteiger partial charge on any atom is -0.291 e. The number of fused-ring (bicyclic) bond motifs is 1. The fourth-order valence-electron chi connectivity index (χ4n) is 3.01. The fraction of sp³-hybridized carbons (Fsp3) is 0.150. The smallest absolute Gasteiger partial charge is 0.147 e. The molecule has 25 heavy (non-hydrogen) atoms. The lowest BCUT2D eigenvalue weighted by Gasteiger charge is -2.13. The molecule has 0 radical (unpaired) electrons. The largest absolute Gasteiger partial charge is 0.291 e. The van der Waals surface area contributed by atoms with Gasteiger partial charge in [-0.25, -0.2) is 9.37 Å². The first-order chi connectivity index (χ1) is 12.1. The molecular weight excluding hydrogens is 315 g/mol. The number of aromatic nitrogens is 4. The predicted molar refractivity (Wildman–Crippen MR) is 96.3 cm³/mol. The van der Waals surface area contributed by atoms with Gasteiger partial charge < -0.3 is 0 Å². The number of hydrogen-bond acceptors (Lipinski definition) is 3. The van der Waals surface area contributed by atoms with Crippen molar-refractivity contribution in [3.63, 3.8) is 0 Å². The van der Waals surface area contributed by atoms with Gasteiger partial charge in [0.05, 0.1) is 17.2 Å². The number of halogens is 1. The molecule has 0 bridgehead atoms. The predicted octanol–water partition coefficient (Wildman–Crippen LogP) is 4.55. The summed E-state index contributed by atoms with van der Waals surface area (Å²) in [7, 11) is 0. The van der Waals surface area contributed by atoms with Gasteiger partial charge in [0.15, 0.2) is 0 Å². The van der Waals surface area contributed by atoms with E-state index in [2.05, 4.69) is 23.8 Å². The lowest BCUT2D eigenvalue weighted by molar-refractivity contribution is 0.627. The maximum absolute atomic E-state index is 13.4. The third kappa shape index (κ3) is 2.48. The summed E-state index contributed by atoms with van der Waals surface area (Å²) >= 11 is 0. The highest BCUT2D eigenvalue weighted by molar-refractivity contribution is 5.83. The zero-order valence-electron chi connectivity index (χ0n) is 14.3. The molecule has 4 rings (SSSR count). The van der Waals surface area contributed by atoms with Crippen LogP contribution in [0.4, 0.5) is 4.39 Å². The average Bonchev–Trinajstić information content (AvgIpc) is 3.00. The lowest BCUT2D eigenvalue weighted by Crippen LogP contribution is -2.01. The van der Waals surface area contributed by atoms with Gasteiger partial charge in [-0.05, 0) is 62.2 Å². The van der Waals surface area contributed by atoms with Crippen LogP contribution in [0.5, 0.6) is 0 Å². The van der Waals surface area contributed by atoms with Crippen LogP contribution in [-0.2, 0) is 0 Å². The van der Waals surface area contributed by atoms with Crippen LogP contribution < -0.4 is 0 Å². The third-order valence-corrected chi connectivity index (χ3v) is 4.68. The summed E-state index contributed by atoms with van der Waals surface area (Å²) in [6.45, 7) is 6.14. The number of hydrogen-bond donors (Lipinski definition) is 0. The van der Waals surface area contributed by atoms with Crippen LogP contribution in [0.2, 0.25) is 0 Å². The maximum Gasteiger partial charge on any atom is 0.147 e. The second-order valence-electron chi connectivity index (χ2n) is 6.12. The standard InChI is InChI=1S/C20H17FN4/c1-12-13(2)17(10-23-14(12)3)20-24-18-8-9-22-11-19(18)25(20)16-6-4-15(21)5-7-16/h4-11H,1-3H3. The van der Waals surface area contributed by atoms with Crippen LogP contribution in [0.25, 0.3) is 28.1 Å². The molecule has 5 heteroatoms. The number of rotatable bonds is 2. The van der Waals surface area contributed by atoms with E-state index in [1.54, 1.807) is 24.5 Å². The van der Waals surface area contributed by atoms with Crippen molar-refractivity contribution in [1.29, 1.82) is 0 Å². The normalized spacial score (nSPS) is 11.2. The highest BCUT2D eigenvalue weighted by Gasteiger charge is 2.17. The van der Waals surface area contributed by atoms with Crippen molar-refractivity contribution in [1.82, 2.24) is 19.5 Å². The van der Waals surface area contributed by atoms with Crippen molar-refractivity contribution < 1.29 is 4.39 Å². The monoisotopic (exact) mass is 332 g/mol. The topological polar surface area (TPSA) is 43.6 Å². The maximum atomic E-state index is 13.4. The average molecular weight is 332 g/mol. The zero-order valence-corrected chi connectivity index (χ0v) is 14.3. The Hall–Kier alpha value is -3.08. The van der Waals surface area contributed by atoms with Gasteiger partial charge in [0.25, 0.3) is 0 Å². The van der Waals surface area contributed by atoms with Crippen LogP contribution in [-0.4, -0.2) is 19.5 Å². The van der Waals surface area contributed by atoms with E-state index in [9.17, 15) is 4.39 Å². The van der Waals surface area contributed by atoms with Gasteiger partial charge in [-0.15, -0.1) is 0 Å². The molecule has 0 aliphatic carbocycles. The molecule has 0 aliphatic rings. The number of nitrogens with zero attached hydrogens (tertiary/aromatic N) is 4. The van der Waals surface area contributed by atoms with Gasteiger partial charge in [-0.1, -0.05) is 0 Å². The Labute approximate surface area is 145 Å². The van der Waals surface area contributed by atoms with E-state index in [0.29, 0.717) is 0 Å². The molecule has 0 aliphatic heterocycles. The van der Waals surface area contributed by atoms with E-state index in [4.69, 9.17) is 4.98 Å². The summed E-state index contributed by atoms with van der Waals surface area (Å²) in [6.07, 6.45) is 5.35. The van der Waals surface area contributed by atoms with Crippen LogP contribution >= 0.6 is 0 Å². The van der Waals surface area contributed by atoms with E-state index >= 15 is 0 Å². The second-order valence-corrected chi connectivity index (χ2v) is 6.12. The molecule has 3 heterocycles.